The van der Waals surface area contributed by atoms with Crippen LogP contribution in [0.5, 0.6) is 5.75 Å². The molecule has 0 saturated carbocycles. The van der Waals surface area contributed by atoms with Crippen LogP contribution in [0.2, 0.25) is 0 Å². The Morgan fingerprint density at radius 3 is 2.09 bits per heavy atom. The summed E-state index contributed by atoms with van der Waals surface area (Å²) in [5, 5.41) is 18.6. The number of phenolic OH excluding ortho intramolecular Hbond substituents is 1. The Hall–Kier alpha value is -2.37. The molecule has 0 saturated heterocycles. The molecule has 6 heteroatoms. The molecule has 0 radical (unpaired) electrons. The molecule has 2 amide bonds. The van der Waals surface area contributed by atoms with Gasteiger partial charge in [-0.1, -0.05) is 26.0 Å². The van der Waals surface area contributed by atoms with E-state index in [9.17, 15) is 24.6 Å². The number of nitrogens with zero attached hydrogens (tertiary/aromatic N) is 1. The van der Waals surface area contributed by atoms with E-state index in [-0.39, 0.29) is 24.5 Å². The van der Waals surface area contributed by atoms with E-state index in [1.807, 2.05) is 13.8 Å². The van der Waals surface area contributed by atoms with E-state index in [4.69, 9.17) is 0 Å². The van der Waals surface area contributed by atoms with Gasteiger partial charge in [-0.25, -0.2) is 4.79 Å². The van der Waals surface area contributed by atoms with Crippen molar-refractivity contribution in [3.63, 3.8) is 0 Å². The van der Waals surface area contributed by atoms with Gasteiger partial charge in [-0.15, -0.1) is 0 Å². The highest BCUT2D eigenvalue weighted by atomic mass is 16.4. The number of carboxylic acids is 1. The zero-order valence-corrected chi connectivity index (χ0v) is 12.9. The fourth-order valence-corrected chi connectivity index (χ4v) is 2.16. The summed E-state index contributed by atoms with van der Waals surface area (Å²) in [7, 11) is 0. The van der Waals surface area contributed by atoms with Crippen molar-refractivity contribution in [3.8, 4) is 5.75 Å². The Labute approximate surface area is 129 Å². The van der Waals surface area contributed by atoms with Crippen LogP contribution in [0.25, 0.3) is 0 Å². The van der Waals surface area contributed by atoms with Crippen molar-refractivity contribution in [1.82, 2.24) is 4.90 Å². The summed E-state index contributed by atoms with van der Waals surface area (Å²) in [4.78, 5) is 36.3. The molecule has 0 aliphatic carbocycles. The summed E-state index contributed by atoms with van der Waals surface area (Å²) in [6, 6.07) is 4.74. The maximum absolute atomic E-state index is 12.2. The topological polar surface area (TPSA) is 94.9 Å². The Bertz CT molecular complexity index is 550. The van der Waals surface area contributed by atoms with Gasteiger partial charge in [0.25, 0.3) is 0 Å². The van der Waals surface area contributed by atoms with Gasteiger partial charge in [-0.3, -0.25) is 14.5 Å². The minimum Gasteiger partial charge on any atom is -0.508 e. The number of hydrogen-bond donors (Lipinski definition) is 2. The first-order valence-corrected chi connectivity index (χ1v) is 7.05. The monoisotopic (exact) mass is 307 g/mol. The standard InChI is InChI=1S/C16H21NO5/c1-10(2)8-15(20)17(11(3)18)14(16(21)22)9-12-4-6-13(19)7-5-12/h4-7,10,14,19H,8-9H2,1-3H3,(H,21,22)/t14-/m0/s1. The average molecular weight is 307 g/mol. The van der Waals surface area contributed by atoms with Crippen molar-refractivity contribution in [2.75, 3.05) is 0 Å². The van der Waals surface area contributed by atoms with E-state index >= 15 is 0 Å². The third-order valence-electron chi connectivity index (χ3n) is 3.15. The van der Waals surface area contributed by atoms with Crippen LogP contribution >= 0.6 is 0 Å². The molecule has 6 nitrogen and oxygen atoms in total. The number of rotatable bonds is 6. The summed E-state index contributed by atoms with van der Waals surface area (Å²) in [5.74, 6) is -2.22. The van der Waals surface area contributed by atoms with E-state index < -0.39 is 23.8 Å². The second kappa shape index (κ2) is 7.59. The van der Waals surface area contributed by atoms with Crippen LogP contribution < -0.4 is 0 Å². The number of hydrogen-bond acceptors (Lipinski definition) is 4. The summed E-state index contributed by atoms with van der Waals surface area (Å²) >= 11 is 0. The molecule has 0 bridgehead atoms. The highest BCUT2D eigenvalue weighted by Gasteiger charge is 2.33. The highest BCUT2D eigenvalue weighted by Crippen LogP contribution is 2.16. The van der Waals surface area contributed by atoms with E-state index in [1.54, 1.807) is 12.1 Å². The highest BCUT2D eigenvalue weighted by molar-refractivity contribution is 5.98. The number of benzene rings is 1. The van der Waals surface area contributed by atoms with Crippen LogP contribution in [0, 0.1) is 5.92 Å². The number of aromatic hydroxyl groups is 1. The lowest BCUT2D eigenvalue weighted by atomic mass is 10.0. The Morgan fingerprint density at radius 1 is 1.14 bits per heavy atom. The summed E-state index contributed by atoms with van der Waals surface area (Å²) in [6.45, 7) is 4.84. The van der Waals surface area contributed by atoms with E-state index in [1.165, 1.54) is 19.1 Å². The quantitative estimate of drug-likeness (QED) is 0.835. The summed E-state index contributed by atoms with van der Waals surface area (Å²) < 4.78 is 0. The van der Waals surface area contributed by atoms with Gasteiger partial charge in [0.05, 0.1) is 0 Å². The maximum Gasteiger partial charge on any atom is 0.327 e. The molecule has 0 unspecified atom stereocenters. The maximum atomic E-state index is 12.2. The number of carbonyl (C=O) groups is 3. The van der Waals surface area contributed by atoms with Crippen molar-refractivity contribution >= 4 is 17.8 Å². The molecule has 1 rings (SSSR count). The van der Waals surface area contributed by atoms with Crippen LogP contribution in [-0.4, -0.2) is 38.9 Å². The van der Waals surface area contributed by atoms with Gasteiger partial charge in [0.1, 0.15) is 11.8 Å². The lowest BCUT2D eigenvalue weighted by Crippen LogP contribution is -2.49. The number of amides is 2. The van der Waals surface area contributed by atoms with Gasteiger partial charge in [0, 0.05) is 19.8 Å². The number of aliphatic carboxylic acids is 1. The Morgan fingerprint density at radius 2 is 1.68 bits per heavy atom. The van der Waals surface area contributed by atoms with E-state index in [0.717, 1.165) is 4.90 Å². The SMILES string of the molecule is CC(=O)N(C(=O)CC(C)C)[C@@H](Cc1ccc(O)cc1)C(=O)O. The molecule has 0 fully saturated rings. The van der Waals surface area contributed by atoms with Gasteiger partial charge >= 0.3 is 5.97 Å². The smallest absolute Gasteiger partial charge is 0.327 e. The Kier molecular flexibility index (Phi) is 6.10. The summed E-state index contributed by atoms with van der Waals surface area (Å²) in [5.41, 5.74) is 0.619. The van der Waals surface area contributed by atoms with Crippen molar-refractivity contribution in [2.24, 2.45) is 5.92 Å². The van der Waals surface area contributed by atoms with Crippen LogP contribution in [0.3, 0.4) is 0 Å². The zero-order valence-electron chi connectivity index (χ0n) is 12.9. The fourth-order valence-electron chi connectivity index (χ4n) is 2.16. The second-order valence-electron chi connectivity index (χ2n) is 5.61. The molecule has 1 aromatic rings. The number of imide groups is 1. The van der Waals surface area contributed by atoms with Gasteiger partial charge in [0.2, 0.25) is 11.8 Å². The minimum absolute atomic E-state index is 0.000964. The van der Waals surface area contributed by atoms with Crippen molar-refractivity contribution in [1.29, 1.82) is 0 Å². The summed E-state index contributed by atoms with van der Waals surface area (Å²) in [6.07, 6.45) is 0.109. The lowest BCUT2D eigenvalue weighted by molar-refractivity contribution is -0.157. The fraction of sp³-hybridized carbons (Fsp3) is 0.438. The van der Waals surface area contributed by atoms with Crippen LogP contribution in [-0.2, 0) is 20.8 Å². The second-order valence-corrected chi connectivity index (χ2v) is 5.61. The minimum atomic E-state index is -1.26. The molecule has 0 heterocycles. The first-order chi connectivity index (χ1) is 10.2. The van der Waals surface area contributed by atoms with Crippen LogP contribution in [0.4, 0.5) is 0 Å². The molecule has 0 aliphatic heterocycles. The Balaban J connectivity index is 3.03. The average Bonchev–Trinajstić information content (AvgIpc) is 2.38. The van der Waals surface area contributed by atoms with Crippen molar-refractivity contribution in [2.45, 2.75) is 39.7 Å². The molecular weight excluding hydrogens is 286 g/mol. The third kappa shape index (κ3) is 4.87. The molecular formula is C16H21NO5. The first kappa shape index (κ1) is 17.7. The number of carbonyl (C=O) groups excluding carboxylic acids is 2. The molecule has 120 valence electrons. The predicted molar refractivity (Wildman–Crippen MR) is 80.2 cm³/mol. The van der Waals surface area contributed by atoms with Crippen molar-refractivity contribution in [3.05, 3.63) is 29.8 Å². The molecule has 0 aliphatic rings. The van der Waals surface area contributed by atoms with Gasteiger partial charge in [-0.05, 0) is 23.6 Å². The largest absolute Gasteiger partial charge is 0.508 e. The predicted octanol–water partition coefficient (Wildman–Crippen LogP) is 1.81. The zero-order chi connectivity index (χ0) is 16.9. The van der Waals surface area contributed by atoms with Gasteiger partial charge < -0.3 is 10.2 Å². The van der Waals surface area contributed by atoms with E-state index in [0.29, 0.717) is 5.56 Å². The lowest BCUT2D eigenvalue weighted by Gasteiger charge is -2.27. The molecule has 0 aromatic heterocycles. The molecule has 22 heavy (non-hydrogen) atoms. The van der Waals surface area contributed by atoms with Crippen molar-refractivity contribution < 1.29 is 24.6 Å². The molecule has 2 N–H and O–H groups in total. The molecule has 1 atom stereocenters. The van der Waals surface area contributed by atoms with Gasteiger partial charge in [0.15, 0.2) is 0 Å². The molecule has 1 aromatic carbocycles. The van der Waals surface area contributed by atoms with Crippen LogP contribution in [0.1, 0.15) is 32.8 Å². The number of carboxylic acid groups (broad SMARTS) is 1. The first-order valence-electron chi connectivity index (χ1n) is 7.05. The molecule has 0 spiro atoms. The normalized spacial score (nSPS) is 12.0. The van der Waals surface area contributed by atoms with Gasteiger partial charge in [-0.2, -0.15) is 0 Å². The van der Waals surface area contributed by atoms with Crippen LogP contribution in [0.15, 0.2) is 24.3 Å². The number of phenols is 1. The third-order valence-corrected chi connectivity index (χ3v) is 3.15. The van der Waals surface area contributed by atoms with E-state index in [2.05, 4.69) is 0 Å².